The minimum atomic E-state index is -0.286. The highest BCUT2D eigenvalue weighted by Gasteiger charge is 2.19. The third-order valence-electron chi connectivity index (χ3n) is 4.88. The molecule has 0 aliphatic carbocycles. The van der Waals surface area contributed by atoms with Crippen LogP contribution in [0, 0.1) is 0 Å². The van der Waals surface area contributed by atoms with Gasteiger partial charge < -0.3 is 19.9 Å². The molecule has 4 rings (SSSR count). The molecule has 4 aromatic rings. The van der Waals surface area contributed by atoms with Crippen molar-refractivity contribution in [2.24, 2.45) is 7.05 Å². The van der Waals surface area contributed by atoms with Gasteiger partial charge in [-0.3, -0.25) is 9.78 Å². The quantitative estimate of drug-likeness (QED) is 0.265. The van der Waals surface area contributed by atoms with Crippen LogP contribution < -0.4 is 15.4 Å². The first kappa shape index (κ1) is 23.4. The molecule has 2 aromatic heterocycles. The van der Waals surface area contributed by atoms with Crippen molar-refractivity contribution >= 4 is 73.4 Å². The maximum absolute atomic E-state index is 13.1. The predicted octanol–water partition coefficient (Wildman–Crippen LogP) is 6.82. The molecule has 7 nitrogen and oxygen atoms in total. The first-order chi connectivity index (χ1) is 15.9. The van der Waals surface area contributed by atoms with Gasteiger partial charge in [-0.05, 0) is 36.8 Å². The Balaban J connectivity index is 1.73. The Morgan fingerprint density at radius 3 is 2.52 bits per heavy atom. The number of hydrogen-bond acceptors (Lipinski definition) is 5. The van der Waals surface area contributed by atoms with E-state index in [1.807, 2.05) is 48.9 Å². The third-order valence-corrected chi connectivity index (χ3v) is 5.98. The van der Waals surface area contributed by atoms with Gasteiger partial charge in [-0.15, -0.1) is 0 Å². The Bertz CT molecular complexity index is 1300. The molecule has 1 amide bonds. The van der Waals surface area contributed by atoms with Crippen LogP contribution >= 0.6 is 39.1 Å². The molecule has 0 saturated heterocycles. The Kier molecular flexibility index (Phi) is 7.07. The summed E-state index contributed by atoms with van der Waals surface area (Å²) < 4.78 is 8.69. The number of benzene rings is 2. The number of ether oxygens (including phenoxy) is 1. The Morgan fingerprint density at radius 2 is 1.85 bits per heavy atom. The summed E-state index contributed by atoms with van der Waals surface area (Å²) in [5.74, 6) is 0.700. The van der Waals surface area contributed by atoms with Gasteiger partial charge in [-0.25, -0.2) is 4.98 Å². The molecule has 0 bridgehead atoms. The Labute approximate surface area is 209 Å². The second-order valence-corrected chi connectivity index (χ2v) is 8.97. The summed E-state index contributed by atoms with van der Waals surface area (Å²) in [5, 5.41) is 6.81. The molecule has 2 N–H and O–H groups in total. The van der Waals surface area contributed by atoms with E-state index in [4.69, 9.17) is 27.9 Å². The fourth-order valence-corrected chi connectivity index (χ4v) is 3.94. The summed E-state index contributed by atoms with van der Waals surface area (Å²) in [6, 6.07) is 10.9. The SMILES string of the molecule is CCCOc1cc2c(cc1C(=O)Nc1ccc(Br)cc1)nc(Nc1c(Cl)cncc1Cl)n2C. The summed E-state index contributed by atoms with van der Waals surface area (Å²) in [6.45, 7) is 2.49. The van der Waals surface area contributed by atoms with Crippen molar-refractivity contribution in [3.63, 3.8) is 0 Å². The highest BCUT2D eigenvalue weighted by molar-refractivity contribution is 9.10. The van der Waals surface area contributed by atoms with Gasteiger partial charge in [0.1, 0.15) is 5.75 Å². The molecule has 0 unspecified atom stereocenters. The van der Waals surface area contributed by atoms with Crippen LogP contribution in [0.1, 0.15) is 23.7 Å². The number of nitrogens with zero attached hydrogens (tertiary/aromatic N) is 3. The lowest BCUT2D eigenvalue weighted by molar-refractivity contribution is 0.102. The lowest BCUT2D eigenvalue weighted by atomic mass is 10.1. The highest BCUT2D eigenvalue weighted by atomic mass is 79.9. The largest absolute Gasteiger partial charge is 0.493 e. The van der Waals surface area contributed by atoms with E-state index in [0.717, 1.165) is 16.4 Å². The fourth-order valence-electron chi connectivity index (χ4n) is 3.21. The number of rotatable bonds is 7. The van der Waals surface area contributed by atoms with Crippen LogP contribution in [0.4, 0.5) is 17.3 Å². The maximum Gasteiger partial charge on any atom is 0.259 e. The van der Waals surface area contributed by atoms with Crippen molar-refractivity contribution in [2.45, 2.75) is 13.3 Å². The lowest BCUT2D eigenvalue weighted by Gasteiger charge is -2.12. The number of nitrogens with one attached hydrogen (secondary N) is 2. The van der Waals surface area contributed by atoms with Crippen molar-refractivity contribution in [1.29, 1.82) is 0 Å². The Morgan fingerprint density at radius 1 is 1.15 bits per heavy atom. The zero-order valence-electron chi connectivity index (χ0n) is 17.8. The van der Waals surface area contributed by atoms with Crippen LogP contribution in [0.15, 0.2) is 53.3 Å². The summed E-state index contributed by atoms with van der Waals surface area (Å²) in [7, 11) is 1.85. The van der Waals surface area contributed by atoms with Crippen molar-refractivity contribution in [1.82, 2.24) is 14.5 Å². The summed E-state index contributed by atoms with van der Waals surface area (Å²) in [6.07, 6.45) is 3.81. The molecule has 170 valence electrons. The molecule has 10 heteroatoms. The summed E-state index contributed by atoms with van der Waals surface area (Å²) >= 11 is 15.9. The molecular weight excluding hydrogens is 529 g/mol. The van der Waals surface area contributed by atoms with Crippen LogP contribution in [-0.2, 0) is 7.05 Å². The number of pyridine rings is 1. The van der Waals surface area contributed by atoms with E-state index < -0.39 is 0 Å². The number of hydrogen-bond donors (Lipinski definition) is 2. The average molecular weight is 549 g/mol. The molecule has 2 heterocycles. The van der Waals surface area contributed by atoms with Crippen molar-refractivity contribution in [3.05, 3.63) is 68.9 Å². The van der Waals surface area contributed by atoms with Crippen molar-refractivity contribution in [2.75, 3.05) is 17.2 Å². The number of amides is 1. The van der Waals surface area contributed by atoms with Gasteiger partial charge in [-0.2, -0.15) is 0 Å². The molecule has 0 fully saturated rings. The third kappa shape index (κ3) is 5.08. The predicted molar refractivity (Wildman–Crippen MR) is 136 cm³/mol. The van der Waals surface area contributed by atoms with Crippen LogP contribution in [0.3, 0.4) is 0 Å². The minimum absolute atomic E-state index is 0.286. The van der Waals surface area contributed by atoms with Crippen molar-refractivity contribution < 1.29 is 9.53 Å². The number of aryl methyl sites for hydroxylation is 1. The van der Waals surface area contributed by atoms with E-state index >= 15 is 0 Å². The monoisotopic (exact) mass is 547 g/mol. The smallest absolute Gasteiger partial charge is 0.259 e. The number of carbonyl (C=O) groups excluding carboxylic acids is 1. The van der Waals surface area contributed by atoms with E-state index in [-0.39, 0.29) is 5.91 Å². The number of halogens is 3. The zero-order valence-corrected chi connectivity index (χ0v) is 20.9. The molecule has 2 aromatic carbocycles. The highest BCUT2D eigenvalue weighted by Crippen LogP contribution is 2.34. The molecule has 0 aliphatic rings. The van der Waals surface area contributed by atoms with E-state index in [1.54, 1.807) is 6.07 Å². The van der Waals surface area contributed by atoms with E-state index in [1.165, 1.54) is 12.4 Å². The van der Waals surface area contributed by atoms with Crippen LogP contribution in [-0.4, -0.2) is 27.0 Å². The fraction of sp³-hybridized carbons (Fsp3) is 0.174. The van der Waals surface area contributed by atoms with Crippen LogP contribution in [0.25, 0.3) is 11.0 Å². The van der Waals surface area contributed by atoms with E-state index in [9.17, 15) is 4.79 Å². The van der Waals surface area contributed by atoms with Gasteiger partial charge in [0.25, 0.3) is 5.91 Å². The van der Waals surface area contributed by atoms with Crippen LogP contribution in [0.5, 0.6) is 5.75 Å². The molecule has 0 atom stereocenters. The molecule has 0 aliphatic heterocycles. The maximum atomic E-state index is 13.1. The minimum Gasteiger partial charge on any atom is -0.493 e. The number of carbonyl (C=O) groups is 1. The molecule has 33 heavy (non-hydrogen) atoms. The Hall–Kier alpha value is -2.81. The average Bonchev–Trinajstić information content (AvgIpc) is 3.10. The summed E-state index contributed by atoms with van der Waals surface area (Å²) in [4.78, 5) is 21.7. The lowest BCUT2D eigenvalue weighted by Crippen LogP contribution is -2.14. The summed E-state index contributed by atoms with van der Waals surface area (Å²) in [5.41, 5.74) is 2.97. The van der Waals surface area contributed by atoms with Crippen LogP contribution in [0.2, 0.25) is 10.0 Å². The topological polar surface area (TPSA) is 81.1 Å². The molecule has 0 saturated carbocycles. The van der Waals surface area contributed by atoms with Gasteiger partial charge in [0.2, 0.25) is 5.95 Å². The van der Waals surface area contributed by atoms with Gasteiger partial charge >= 0.3 is 0 Å². The first-order valence-electron chi connectivity index (χ1n) is 10.1. The standard InChI is InChI=1S/C23H20BrCl2N5O2/c1-3-8-33-20-10-19-18(9-15(20)22(32)28-14-6-4-13(24)5-7-14)29-23(31(19)2)30-21-16(25)11-27-12-17(21)26/h4-7,9-12H,3,8H2,1-2H3,(H,28,32)(H,27,29,30). The second-order valence-electron chi connectivity index (χ2n) is 7.24. The molecule has 0 radical (unpaired) electrons. The van der Waals surface area contributed by atoms with Crippen molar-refractivity contribution in [3.8, 4) is 5.75 Å². The van der Waals surface area contributed by atoms with Gasteiger partial charge in [0.15, 0.2) is 0 Å². The van der Waals surface area contributed by atoms with Gasteiger partial charge in [0.05, 0.1) is 38.9 Å². The van der Waals surface area contributed by atoms with Gasteiger partial charge in [0, 0.05) is 35.7 Å². The van der Waals surface area contributed by atoms with Gasteiger partial charge in [-0.1, -0.05) is 46.1 Å². The molecule has 0 spiro atoms. The second kappa shape index (κ2) is 9.99. The number of aromatic nitrogens is 3. The zero-order chi connectivity index (χ0) is 23.5. The first-order valence-corrected chi connectivity index (χ1v) is 11.7. The normalized spacial score (nSPS) is 10.9. The van der Waals surface area contributed by atoms with E-state index in [0.29, 0.717) is 50.8 Å². The number of anilines is 3. The number of imidazole rings is 1. The molecular formula is C23H20BrCl2N5O2. The van der Waals surface area contributed by atoms with E-state index in [2.05, 4.69) is 36.5 Å². The number of fused-ring (bicyclic) bond motifs is 1.